The molecular weight excluding hydrogens is 202 g/mol. The standard InChI is InChI=1S/C10H18ClNO2/c1-14-9-5-4-8(7-9)12-10(13)3-2-6-11/h8-9H,2-7H2,1H3,(H,12,13). The van der Waals surface area contributed by atoms with Gasteiger partial charge in [-0.2, -0.15) is 0 Å². The molecule has 3 nitrogen and oxygen atoms in total. The molecule has 1 rings (SSSR count). The van der Waals surface area contributed by atoms with Gasteiger partial charge in [0.15, 0.2) is 0 Å². The zero-order valence-corrected chi connectivity index (χ0v) is 9.35. The van der Waals surface area contributed by atoms with Crippen molar-refractivity contribution in [1.82, 2.24) is 5.32 Å². The van der Waals surface area contributed by atoms with Crippen LogP contribution < -0.4 is 5.32 Å². The van der Waals surface area contributed by atoms with Crippen molar-refractivity contribution in [2.24, 2.45) is 0 Å². The summed E-state index contributed by atoms with van der Waals surface area (Å²) in [6.07, 6.45) is 4.66. The monoisotopic (exact) mass is 219 g/mol. The summed E-state index contributed by atoms with van der Waals surface area (Å²) in [5.74, 6) is 0.672. The fourth-order valence-electron chi connectivity index (χ4n) is 1.81. The first-order valence-corrected chi connectivity index (χ1v) is 5.68. The smallest absolute Gasteiger partial charge is 0.220 e. The average Bonchev–Trinajstić information content (AvgIpc) is 2.62. The summed E-state index contributed by atoms with van der Waals surface area (Å²) in [7, 11) is 1.72. The molecule has 0 bridgehead atoms. The Morgan fingerprint density at radius 3 is 2.93 bits per heavy atom. The van der Waals surface area contributed by atoms with Crippen molar-refractivity contribution in [2.75, 3.05) is 13.0 Å². The first-order chi connectivity index (χ1) is 6.76. The van der Waals surface area contributed by atoms with E-state index in [4.69, 9.17) is 16.3 Å². The minimum Gasteiger partial charge on any atom is -0.381 e. The van der Waals surface area contributed by atoms with Crippen LogP contribution in [0.25, 0.3) is 0 Å². The Balaban J connectivity index is 2.15. The molecular formula is C10H18ClNO2. The van der Waals surface area contributed by atoms with Gasteiger partial charge in [0, 0.05) is 25.5 Å². The van der Waals surface area contributed by atoms with Crippen LogP contribution in [0.1, 0.15) is 32.1 Å². The third kappa shape index (κ3) is 3.84. The van der Waals surface area contributed by atoms with Crippen molar-refractivity contribution in [3.63, 3.8) is 0 Å². The third-order valence-electron chi connectivity index (χ3n) is 2.62. The van der Waals surface area contributed by atoms with E-state index in [-0.39, 0.29) is 5.91 Å². The number of hydrogen-bond acceptors (Lipinski definition) is 2. The molecule has 1 amide bonds. The highest BCUT2D eigenvalue weighted by molar-refractivity contribution is 6.17. The Bertz CT molecular complexity index is 187. The van der Waals surface area contributed by atoms with Gasteiger partial charge in [0.2, 0.25) is 5.91 Å². The van der Waals surface area contributed by atoms with Crippen molar-refractivity contribution >= 4 is 17.5 Å². The van der Waals surface area contributed by atoms with Crippen LogP contribution in [0.2, 0.25) is 0 Å². The Morgan fingerprint density at radius 2 is 2.36 bits per heavy atom. The Kier molecular flexibility index (Phi) is 5.26. The minimum absolute atomic E-state index is 0.118. The molecule has 0 heterocycles. The van der Waals surface area contributed by atoms with Crippen molar-refractivity contribution in [1.29, 1.82) is 0 Å². The maximum absolute atomic E-state index is 11.3. The van der Waals surface area contributed by atoms with Gasteiger partial charge in [-0.05, 0) is 25.7 Å². The van der Waals surface area contributed by atoms with E-state index in [0.717, 1.165) is 25.7 Å². The molecule has 0 aromatic rings. The highest BCUT2D eigenvalue weighted by Gasteiger charge is 2.25. The fraction of sp³-hybridized carbons (Fsp3) is 0.900. The van der Waals surface area contributed by atoms with Crippen molar-refractivity contribution < 1.29 is 9.53 Å². The number of carbonyl (C=O) groups excluding carboxylic acids is 1. The molecule has 1 saturated carbocycles. The van der Waals surface area contributed by atoms with Gasteiger partial charge in [0.1, 0.15) is 0 Å². The highest BCUT2D eigenvalue weighted by atomic mass is 35.5. The first kappa shape index (κ1) is 11.8. The molecule has 14 heavy (non-hydrogen) atoms. The summed E-state index contributed by atoms with van der Waals surface area (Å²) in [5, 5.41) is 3.00. The third-order valence-corrected chi connectivity index (χ3v) is 2.89. The molecule has 1 aliphatic rings. The molecule has 2 unspecified atom stereocenters. The van der Waals surface area contributed by atoms with E-state index >= 15 is 0 Å². The van der Waals surface area contributed by atoms with Crippen LogP contribution in [0, 0.1) is 0 Å². The number of ether oxygens (including phenoxy) is 1. The Labute approximate surface area is 90.1 Å². The largest absolute Gasteiger partial charge is 0.381 e. The van der Waals surface area contributed by atoms with E-state index in [1.807, 2.05) is 0 Å². The van der Waals surface area contributed by atoms with Gasteiger partial charge in [-0.1, -0.05) is 0 Å². The SMILES string of the molecule is COC1CCC(NC(=O)CCCCl)C1. The number of nitrogens with one attached hydrogen (secondary N) is 1. The highest BCUT2D eigenvalue weighted by Crippen LogP contribution is 2.21. The molecule has 0 aromatic heterocycles. The van der Waals surface area contributed by atoms with Gasteiger partial charge in [-0.3, -0.25) is 4.79 Å². The van der Waals surface area contributed by atoms with Gasteiger partial charge in [0.25, 0.3) is 0 Å². The second-order valence-electron chi connectivity index (χ2n) is 3.73. The van der Waals surface area contributed by atoms with Crippen molar-refractivity contribution in [2.45, 2.75) is 44.2 Å². The number of rotatable bonds is 5. The summed E-state index contributed by atoms with van der Waals surface area (Å²) >= 11 is 5.51. The van der Waals surface area contributed by atoms with Crippen LogP contribution in [-0.2, 0) is 9.53 Å². The van der Waals surface area contributed by atoms with Gasteiger partial charge in [-0.15, -0.1) is 11.6 Å². The fourth-order valence-corrected chi connectivity index (χ4v) is 1.95. The second-order valence-corrected chi connectivity index (χ2v) is 4.11. The molecule has 0 radical (unpaired) electrons. The molecule has 82 valence electrons. The van der Waals surface area contributed by atoms with Crippen LogP contribution in [0.4, 0.5) is 0 Å². The normalized spacial score (nSPS) is 26.4. The number of alkyl halides is 1. The quantitative estimate of drug-likeness (QED) is 0.715. The van der Waals surface area contributed by atoms with E-state index in [1.165, 1.54) is 0 Å². The molecule has 0 spiro atoms. The first-order valence-electron chi connectivity index (χ1n) is 5.14. The molecule has 2 atom stereocenters. The van der Waals surface area contributed by atoms with Gasteiger partial charge in [-0.25, -0.2) is 0 Å². The number of amides is 1. The van der Waals surface area contributed by atoms with Gasteiger partial charge >= 0.3 is 0 Å². The minimum atomic E-state index is 0.118. The topological polar surface area (TPSA) is 38.3 Å². The lowest BCUT2D eigenvalue weighted by Gasteiger charge is -2.12. The van der Waals surface area contributed by atoms with E-state index in [2.05, 4.69) is 5.32 Å². The van der Waals surface area contributed by atoms with Gasteiger partial charge < -0.3 is 10.1 Å². The van der Waals surface area contributed by atoms with Crippen molar-refractivity contribution in [3.8, 4) is 0 Å². The Hall–Kier alpha value is -0.280. The Morgan fingerprint density at radius 1 is 1.57 bits per heavy atom. The molecule has 1 N–H and O–H groups in total. The van der Waals surface area contributed by atoms with E-state index < -0.39 is 0 Å². The van der Waals surface area contributed by atoms with Crippen LogP contribution in [0.5, 0.6) is 0 Å². The molecule has 1 fully saturated rings. The molecule has 4 heteroatoms. The maximum atomic E-state index is 11.3. The number of halogens is 1. The lowest BCUT2D eigenvalue weighted by molar-refractivity contribution is -0.121. The predicted molar refractivity (Wildman–Crippen MR) is 56.5 cm³/mol. The zero-order valence-electron chi connectivity index (χ0n) is 8.59. The summed E-state index contributed by atoms with van der Waals surface area (Å²) in [4.78, 5) is 11.3. The van der Waals surface area contributed by atoms with Crippen LogP contribution in [0.15, 0.2) is 0 Å². The lowest BCUT2D eigenvalue weighted by Crippen LogP contribution is -2.33. The lowest BCUT2D eigenvalue weighted by atomic mass is 10.2. The van der Waals surface area contributed by atoms with Crippen LogP contribution in [0.3, 0.4) is 0 Å². The summed E-state index contributed by atoms with van der Waals surface area (Å²) in [6.45, 7) is 0. The maximum Gasteiger partial charge on any atom is 0.220 e. The van der Waals surface area contributed by atoms with Gasteiger partial charge in [0.05, 0.1) is 6.10 Å². The van der Waals surface area contributed by atoms with Crippen LogP contribution in [-0.4, -0.2) is 31.0 Å². The summed E-state index contributed by atoms with van der Waals surface area (Å²) in [5.41, 5.74) is 0. The summed E-state index contributed by atoms with van der Waals surface area (Å²) in [6, 6.07) is 0.308. The molecule has 0 aliphatic heterocycles. The summed E-state index contributed by atoms with van der Waals surface area (Å²) < 4.78 is 5.23. The zero-order chi connectivity index (χ0) is 10.4. The average molecular weight is 220 g/mol. The predicted octanol–water partition coefficient (Wildman–Crippen LogP) is 1.69. The van der Waals surface area contributed by atoms with E-state index in [1.54, 1.807) is 7.11 Å². The number of hydrogen-bond donors (Lipinski definition) is 1. The molecule has 1 aliphatic carbocycles. The van der Waals surface area contributed by atoms with Crippen molar-refractivity contribution in [3.05, 3.63) is 0 Å². The number of methoxy groups -OCH3 is 1. The van der Waals surface area contributed by atoms with E-state index in [0.29, 0.717) is 24.4 Å². The van der Waals surface area contributed by atoms with E-state index in [9.17, 15) is 4.79 Å². The van der Waals surface area contributed by atoms with Crippen LogP contribution >= 0.6 is 11.6 Å². The molecule has 0 aromatic carbocycles. The molecule has 0 saturated heterocycles. The second kappa shape index (κ2) is 6.25. The number of carbonyl (C=O) groups is 1.